The van der Waals surface area contributed by atoms with E-state index >= 15 is 0 Å². The van der Waals surface area contributed by atoms with E-state index in [1.165, 1.54) is 16.0 Å². The maximum absolute atomic E-state index is 14.4. The summed E-state index contributed by atoms with van der Waals surface area (Å²) in [5.74, 6) is -1.44. The van der Waals surface area contributed by atoms with Gasteiger partial charge >= 0.3 is 5.97 Å². The molecule has 3 heterocycles. The van der Waals surface area contributed by atoms with Gasteiger partial charge in [-0.1, -0.05) is 29.5 Å². The van der Waals surface area contributed by atoms with Gasteiger partial charge in [0, 0.05) is 18.3 Å². The lowest BCUT2D eigenvalue weighted by Crippen LogP contribution is -2.16. The van der Waals surface area contributed by atoms with Crippen molar-refractivity contribution >= 4 is 28.3 Å². The number of carbonyl (C=O) groups is 2. The van der Waals surface area contributed by atoms with Crippen LogP contribution in [-0.2, 0) is 30.6 Å². The summed E-state index contributed by atoms with van der Waals surface area (Å²) in [4.78, 5) is 27.2. The number of anilines is 1. The summed E-state index contributed by atoms with van der Waals surface area (Å²) in [6, 6.07) is 5.33. The number of carbonyl (C=O) groups excluding carboxylic acids is 1. The number of aromatic nitrogens is 6. The molecule has 0 saturated heterocycles. The zero-order valence-electron chi connectivity index (χ0n) is 16.2. The van der Waals surface area contributed by atoms with Gasteiger partial charge in [-0.05, 0) is 25.0 Å². The van der Waals surface area contributed by atoms with Gasteiger partial charge in [-0.2, -0.15) is 0 Å². The molecule has 0 fully saturated rings. The van der Waals surface area contributed by atoms with Crippen molar-refractivity contribution in [2.45, 2.75) is 45.3 Å². The van der Waals surface area contributed by atoms with Gasteiger partial charge in [-0.25, -0.2) is 13.9 Å². The second-order valence-electron chi connectivity index (χ2n) is 6.41. The van der Waals surface area contributed by atoms with Crippen LogP contribution < -0.4 is 5.32 Å². The molecule has 2 N–H and O–H groups in total. The summed E-state index contributed by atoms with van der Waals surface area (Å²) in [6.45, 7) is 1.68. The predicted molar refractivity (Wildman–Crippen MR) is 106 cm³/mol. The minimum Gasteiger partial charge on any atom is -0.476 e. The Morgan fingerprint density at radius 1 is 1.30 bits per heavy atom. The van der Waals surface area contributed by atoms with Gasteiger partial charge in [0.05, 0.1) is 18.7 Å². The molecule has 0 aliphatic carbocycles. The van der Waals surface area contributed by atoms with Crippen molar-refractivity contribution in [2.24, 2.45) is 0 Å². The van der Waals surface area contributed by atoms with E-state index in [0.29, 0.717) is 34.4 Å². The third-order valence-corrected chi connectivity index (χ3v) is 5.10. The summed E-state index contributed by atoms with van der Waals surface area (Å²) >= 11 is 1.18. The Balaban J connectivity index is 1.49. The van der Waals surface area contributed by atoms with Crippen molar-refractivity contribution in [1.82, 2.24) is 30.2 Å². The van der Waals surface area contributed by atoms with Crippen LogP contribution in [0.5, 0.6) is 0 Å². The number of alkyl halides is 1. The second kappa shape index (κ2) is 9.96. The van der Waals surface area contributed by atoms with E-state index in [-0.39, 0.29) is 31.0 Å². The SMILES string of the molecule is CCc1c(C(=O)O)nnn1CC(F)CCc1nnc(NC(=O)Cc2ccccn2)s1. The van der Waals surface area contributed by atoms with Gasteiger partial charge in [0.25, 0.3) is 0 Å². The Labute approximate surface area is 175 Å². The molecule has 0 spiro atoms. The molecule has 3 aromatic rings. The van der Waals surface area contributed by atoms with Crippen molar-refractivity contribution in [2.75, 3.05) is 5.32 Å². The topological polar surface area (TPSA) is 136 Å². The highest BCUT2D eigenvalue weighted by molar-refractivity contribution is 7.15. The average Bonchev–Trinajstić information content (AvgIpc) is 3.33. The van der Waals surface area contributed by atoms with Crippen molar-refractivity contribution < 1.29 is 19.1 Å². The lowest BCUT2D eigenvalue weighted by molar-refractivity contribution is -0.115. The first-order valence-electron chi connectivity index (χ1n) is 9.28. The Bertz CT molecular complexity index is 1010. The molecule has 30 heavy (non-hydrogen) atoms. The van der Waals surface area contributed by atoms with Crippen LogP contribution in [0, 0.1) is 0 Å². The fraction of sp³-hybridized carbons (Fsp3) is 0.389. The average molecular weight is 433 g/mol. The smallest absolute Gasteiger partial charge is 0.358 e. The zero-order valence-corrected chi connectivity index (χ0v) is 17.0. The molecule has 3 aromatic heterocycles. The van der Waals surface area contributed by atoms with E-state index in [1.807, 2.05) is 0 Å². The Morgan fingerprint density at radius 3 is 2.83 bits per heavy atom. The molecule has 1 atom stereocenters. The quantitative estimate of drug-likeness (QED) is 0.495. The Hall–Kier alpha value is -3.28. The summed E-state index contributed by atoms with van der Waals surface area (Å²) in [6.07, 6.45) is 1.35. The minimum absolute atomic E-state index is 0.0874. The third kappa shape index (κ3) is 5.63. The van der Waals surface area contributed by atoms with Crippen molar-refractivity contribution in [1.29, 1.82) is 0 Å². The number of amides is 1. The number of carboxylic acid groups (broad SMARTS) is 1. The number of aromatic carboxylic acids is 1. The fourth-order valence-electron chi connectivity index (χ4n) is 2.79. The summed E-state index contributed by atoms with van der Waals surface area (Å²) in [5, 5.41) is 27.9. The molecular formula is C18H20FN7O3S. The van der Waals surface area contributed by atoms with E-state index in [1.54, 1.807) is 31.3 Å². The molecular weight excluding hydrogens is 413 g/mol. The molecule has 10 nitrogen and oxygen atoms in total. The number of halogens is 1. The van der Waals surface area contributed by atoms with Crippen LogP contribution in [0.15, 0.2) is 24.4 Å². The highest BCUT2D eigenvalue weighted by atomic mass is 32.1. The molecule has 3 rings (SSSR count). The van der Waals surface area contributed by atoms with Gasteiger partial charge in [-0.3, -0.25) is 9.78 Å². The number of hydrogen-bond acceptors (Lipinski definition) is 8. The van der Waals surface area contributed by atoms with Crippen molar-refractivity contribution in [3.05, 3.63) is 46.5 Å². The molecule has 0 radical (unpaired) electrons. The first-order valence-corrected chi connectivity index (χ1v) is 10.1. The lowest BCUT2D eigenvalue weighted by atomic mass is 10.2. The van der Waals surface area contributed by atoms with Crippen LogP contribution in [0.25, 0.3) is 0 Å². The first kappa shape index (κ1) is 21.4. The Morgan fingerprint density at radius 2 is 2.13 bits per heavy atom. The van der Waals surface area contributed by atoms with Gasteiger partial charge in [0.2, 0.25) is 11.0 Å². The van der Waals surface area contributed by atoms with E-state index in [2.05, 4.69) is 30.8 Å². The van der Waals surface area contributed by atoms with E-state index in [9.17, 15) is 14.0 Å². The van der Waals surface area contributed by atoms with Gasteiger partial charge < -0.3 is 10.4 Å². The second-order valence-corrected chi connectivity index (χ2v) is 7.47. The molecule has 12 heteroatoms. The number of rotatable bonds is 10. The molecule has 1 amide bonds. The summed E-state index contributed by atoms with van der Waals surface area (Å²) in [5.41, 5.74) is 0.879. The normalized spacial score (nSPS) is 11.9. The highest BCUT2D eigenvalue weighted by Crippen LogP contribution is 2.19. The summed E-state index contributed by atoms with van der Waals surface area (Å²) in [7, 11) is 0. The maximum Gasteiger partial charge on any atom is 0.358 e. The summed E-state index contributed by atoms with van der Waals surface area (Å²) < 4.78 is 15.7. The van der Waals surface area contributed by atoms with Crippen LogP contribution in [-0.4, -0.2) is 53.3 Å². The molecule has 1 unspecified atom stereocenters. The van der Waals surface area contributed by atoms with Crippen LogP contribution in [0.2, 0.25) is 0 Å². The molecule has 0 saturated carbocycles. The van der Waals surface area contributed by atoms with Crippen LogP contribution >= 0.6 is 11.3 Å². The van der Waals surface area contributed by atoms with Crippen LogP contribution in [0.3, 0.4) is 0 Å². The molecule has 0 aromatic carbocycles. The number of nitrogens with one attached hydrogen (secondary N) is 1. The predicted octanol–water partition coefficient (Wildman–Crippen LogP) is 1.94. The van der Waals surface area contributed by atoms with E-state index in [0.717, 1.165) is 0 Å². The third-order valence-electron chi connectivity index (χ3n) is 4.20. The van der Waals surface area contributed by atoms with Crippen molar-refractivity contribution in [3.63, 3.8) is 0 Å². The molecule has 158 valence electrons. The first-order chi connectivity index (χ1) is 14.5. The van der Waals surface area contributed by atoms with Gasteiger partial charge in [0.15, 0.2) is 5.69 Å². The Kier molecular flexibility index (Phi) is 7.12. The van der Waals surface area contributed by atoms with E-state index in [4.69, 9.17) is 5.11 Å². The van der Waals surface area contributed by atoms with Gasteiger partial charge in [0.1, 0.15) is 11.2 Å². The maximum atomic E-state index is 14.4. The zero-order chi connectivity index (χ0) is 21.5. The number of pyridine rings is 1. The number of aryl methyl sites for hydroxylation is 1. The van der Waals surface area contributed by atoms with Gasteiger partial charge in [-0.15, -0.1) is 15.3 Å². The standard InChI is InChI=1S/C18H20FN7O3S/c1-2-13-16(17(28)29)23-25-26(13)10-11(19)6-7-15-22-24-18(30-15)21-14(27)9-12-5-3-4-8-20-12/h3-5,8,11H,2,6-7,9-10H2,1H3,(H,28,29)(H,21,24,27). The number of nitrogens with zero attached hydrogens (tertiary/aromatic N) is 6. The molecule has 0 bridgehead atoms. The van der Waals surface area contributed by atoms with E-state index < -0.39 is 12.1 Å². The minimum atomic E-state index is -1.26. The fourth-order valence-corrected chi connectivity index (χ4v) is 3.56. The lowest BCUT2D eigenvalue weighted by Gasteiger charge is -2.09. The molecule has 0 aliphatic heterocycles. The van der Waals surface area contributed by atoms with Crippen LogP contribution in [0.4, 0.5) is 9.52 Å². The monoisotopic (exact) mass is 433 g/mol. The molecule has 0 aliphatic rings. The highest BCUT2D eigenvalue weighted by Gasteiger charge is 2.20. The largest absolute Gasteiger partial charge is 0.476 e. The number of carboxylic acids is 1. The van der Waals surface area contributed by atoms with Crippen molar-refractivity contribution in [3.8, 4) is 0 Å². The van der Waals surface area contributed by atoms with Crippen LogP contribution in [0.1, 0.15) is 40.2 Å². The number of hydrogen-bond donors (Lipinski definition) is 2.